The fourth-order valence-electron chi connectivity index (χ4n) is 2.12. The Morgan fingerprint density at radius 1 is 1.26 bits per heavy atom. The lowest BCUT2D eigenvalue weighted by Gasteiger charge is -2.32. The Morgan fingerprint density at radius 2 is 1.84 bits per heavy atom. The summed E-state index contributed by atoms with van der Waals surface area (Å²) >= 11 is 0. The van der Waals surface area contributed by atoms with Gasteiger partial charge in [-0.3, -0.25) is 4.68 Å². The number of hydrogen-bond donors (Lipinski definition) is 0. The molecule has 104 valence electrons. The molecule has 1 aromatic heterocycles. The zero-order valence-electron chi connectivity index (χ0n) is 12.7. The third-order valence-electron chi connectivity index (χ3n) is 3.98. The molecule has 0 unspecified atom stereocenters. The maximum atomic E-state index is 5.93. The lowest BCUT2D eigenvalue weighted by molar-refractivity contribution is 0.00578. The van der Waals surface area contributed by atoms with Crippen molar-refractivity contribution in [3.63, 3.8) is 0 Å². The van der Waals surface area contributed by atoms with Gasteiger partial charge in [0.2, 0.25) is 0 Å². The van der Waals surface area contributed by atoms with Crippen molar-refractivity contribution in [2.75, 3.05) is 0 Å². The second-order valence-electron chi connectivity index (χ2n) is 6.04. The van der Waals surface area contributed by atoms with Crippen molar-refractivity contribution in [1.29, 1.82) is 0 Å². The third-order valence-corrected chi connectivity index (χ3v) is 3.98. The minimum atomic E-state index is -0.296. The second-order valence-corrected chi connectivity index (χ2v) is 6.04. The standard InChI is InChI=1S/C14H23BN2O2/c1-7-12-11(10-17(6)16-12)8-9-15-18-13(2,3)14(4,5)19-15/h8-10H,7H2,1-6H3/b9-8+. The zero-order valence-corrected chi connectivity index (χ0v) is 12.7. The highest BCUT2D eigenvalue weighted by atomic mass is 16.7. The molecule has 1 saturated heterocycles. The van der Waals surface area contributed by atoms with Crippen LogP contribution in [0.5, 0.6) is 0 Å². The molecule has 1 aliphatic rings. The molecule has 1 fully saturated rings. The van der Waals surface area contributed by atoms with Crippen LogP contribution in [0.15, 0.2) is 12.2 Å². The Labute approximate surface area is 115 Å². The summed E-state index contributed by atoms with van der Waals surface area (Å²) in [5.41, 5.74) is 1.64. The van der Waals surface area contributed by atoms with Gasteiger partial charge in [0.25, 0.3) is 0 Å². The van der Waals surface area contributed by atoms with Crippen LogP contribution >= 0.6 is 0 Å². The molecular formula is C14H23BN2O2. The summed E-state index contributed by atoms with van der Waals surface area (Å²) in [4.78, 5) is 0. The Bertz CT molecular complexity index is 476. The number of rotatable bonds is 3. The first kappa shape index (κ1) is 14.3. The van der Waals surface area contributed by atoms with Crippen molar-refractivity contribution in [3.8, 4) is 0 Å². The van der Waals surface area contributed by atoms with Crippen molar-refractivity contribution < 1.29 is 9.31 Å². The van der Waals surface area contributed by atoms with Crippen molar-refractivity contribution in [2.24, 2.45) is 7.05 Å². The van der Waals surface area contributed by atoms with E-state index in [0.717, 1.165) is 17.7 Å². The SMILES string of the molecule is CCc1nn(C)cc1/C=C/B1OC(C)(C)C(C)(C)O1. The topological polar surface area (TPSA) is 36.3 Å². The average molecular weight is 262 g/mol. The minimum Gasteiger partial charge on any atom is -0.400 e. The molecule has 1 aliphatic heterocycles. The lowest BCUT2D eigenvalue weighted by Crippen LogP contribution is -2.41. The van der Waals surface area contributed by atoms with Crippen LogP contribution in [-0.4, -0.2) is 28.1 Å². The quantitative estimate of drug-likeness (QED) is 0.785. The van der Waals surface area contributed by atoms with Gasteiger partial charge in [-0.05, 0) is 34.1 Å². The Balaban J connectivity index is 2.12. The first-order chi connectivity index (χ1) is 8.75. The van der Waals surface area contributed by atoms with Gasteiger partial charge in [-0.15, -0.1) is 0 Å². The summed E-state index contributed by atoms with van der Waals surface area (Å²) in [5, 5.41) is 4.42. The van der Waals surface area contributed by atoms with Crippen LogP contribution in [0, 0.1) is 0 Å². The van der Waals surface area contributed by atoms with Crippen LogP contribution in [-0.2, 0) is 22.8 Å². The maximum Gasteiger partial charge on any atom is 0.487 e. The van der Waals surface area contributed by atoms with Crippen LogP contribution in [0.2, 0.25) is 0 Å². The van der Waals surface area contributed by atoms with E-state index in [2.05, 4.69) is 39.7 Å². The van der Waals surface area contributed by atoms with Crippen LogP contribution in [0.4, 0.5) is 0 Å². The van der Waals surface area contributed by atoms with Crippen LogP contribution in [0.3, 0.4) is 0 Å². The largest absolute Gasteiger partial charge is 0.487 e. The lowest BCUT2D eigenvalue weighted by atomic mass is 9.89. The summed E-state index contributed by atoms with van der Waals surface area (Å²) in [6.07, 6.45) is 4.97. The molecule has 5 heteroatoms. The van der Waals surface area contributed by atoms with Gasteiger partial charge in [0.1, 0.15) is 0 Å². The summed E-state index contributed by atoms with van der Waals surface area (Å²) in [7, 11) is 1.64. The summed E-state index contributed by atoms with van der Waals surface area (Å²) < 4.78 is 13.7. The predicted molar refractivity (Wildman–Crippen MR) is 77.7 cm³/mol. The van der Waals surface area contributed by atoms with Crippen molar-refractivity contribution in [1.82, 2.24) is 9.78 Å². The average Bonchev–Trinajstić information content (AvgIpc) is 2.74. The van der Waals surface area contributed by atoms with Gasteiger partial charge >= 0.3 is 7.12 Å². The van der Waals surface area contributed by atoms with Crippen LogP contribution < -0.4 is 0 Å². The zero-order chi connectivity index (χ0) is 14.3. The molecule has 0 aliphatic carbocycles. The van der Waals surface area contributed by atoms with Crippen LogP contribution in [0.1, 0.15) is 45.9 Å². The molecule has 0 spiro atoms. The van der Waals surface area contributed by atoms with Gasteiger partial charge in [-0.2, -0.15) is 5.10 Å². The highest BCUT2D eigenvalue weighted by Gasteiger charge is 2.49. The van der Waals surface area contributed by atoms with Gasteiger partial charge in [0, 0.05) is 18.8 Å². The second kappa shape index (κ2) is 4.80. The molecule has 0 amide bonds. The smallest absolute Gasteiger partial charge is 0.400 e. The normalized spacial score (nSPS) is 21.5. The van der Waals surface area contributed by atoms with E-state index in [0.29, 0.717) is 0 Å². The van der Waals surface area contributed by atoms with E-state index < -0.39 is 0 Å². The molecule has 0 aromatic carbocycles. The van der Waals surface area contributed by atoms with Crippen LogP contribution in [0.25, 0.3) is 6.08 Å². The summed E-state index contributed by atoms with van der Waals surface area (Å²) in [6, 6.07) is 0. The third kappa shape index (κ3) is 2.77. The molecule has 0 atom stereocenters. The number of nitrogens with zero attached hydrogens (tertiary/aromatic N) is 2. The van der Waals surface area contributed by atoms with E-state index in [1.54, 1.807) is 0 Å². The predicted octanol–water partition coefficient (Wildman–Crippen LogP) is 2.63. The van der Waals surface area contributed by atoms with E-state index in [1.165, 1.54) is 0 Å². The first-order valence-electron chi connectivity index (χ1n) is 6.81. The first-order valence-corrected chi connectivity index (χ1v) is 6.81. The van der Waals surface area contributed by atoms with Crippen molar-refractivity contribution in [3.05, 3.63) is 23.4 Å². The van der Waals surface area contributed by atoms with Gasteiger partial charge < -0.3 is 9.31 Å². The Kier molecular flexibility index (Phi) is 3.62. The van der Waals surface area contributed by atoms with E-state index in [9.17, 15) is 0 Å². The number of hydrogen-bond acceptors (Lipinski definition) is 3. The molecule has 1 aromatic rings. The van der Waals surface area contributed by atoms with E-state index >= 15 is 0 Å². The van der Waals surface area contributed by atoms with E-state index in [-0.39, 0.29) is 18.3 Å². The molecule has 19 heavy (non-hydrogen) atoms. The maximum absolute atomic E-state index is 5.93. The van der Waals surface area contributed by atoms with Crippen molar-refractivity contribution in [2.45, 2.75) is 52.2 Å². The molecule has 4 nitrogen and oxygen atoms in total. The number of aryl methyl sites for hydroxylation is 2. The summed E-state index contributed by atoms with van der Waals surface area (Å²) in [6.45, 7) is 10.3. The molecule has 0 radical (unpaired) electrons. The fraction of sp³-hybridized carbons (Fsp3) is 0.643. The molecule has 2 rings (SSSR count). The summed E-state index contributed by atoms with van der Waals surface area (Å²) in [5.74, 6) is 1.96. The fourth-order valence-corrected chi connectivity index (χ4v) is 2.12. The highest BCUT2D eigenvalue weighted by molar-refractivity contribution is 6.52. The molecule has 0 N–H and O–H groups in total. The molecule has 0 saturated carbocycles. The van der Waals surface area contributed by atoms with Gasteiger partial charge in [-0.1, -0.05) is 19.0 Å². The van der Waals surface area contributed by atoms with Gasteiger partial charge in [0.05, 0.1) is 16.9 Å². The van der Waals surface area contributed by atoms with Gasteiger partial charge in [-0.25, -0.2) is 0 Å². The van der Waals surface area contributed by atoms with E-state index in [1.807, 2.05) is 30.0 Å². The molecule has 2 heterocycles. The van der Waals surface area contributed by atoms with Gasteiger partial charge in [0.15, 0.2) is 0 Å². The minimum absolute atomic E-state index is 0.287. The molecular weight excluding hydrogens is 239 g/mol. The molecule has 0 bridgehead atoms. The van der Waals surface area contributed by atoms with Crippen molar-refractivity contribution >= 4 is 13.2 Å². The van der Waals surface area contributed by atoms with E-state index in [4.69, 9.17) is 9.31 Å². The Morgan fingerprint density at radius 3 is 2.37 bits per heavy atom. The Hall–Kier alpha value is -1.07. The number of aromatic nitrogens is 2. The monoisotopic (exact) mass is 262 g/mol. The highest BCUT2D eigenvalue weighted by Crippen LogP contribution is 2.37.